The van der Waals surface area contributed by atoms with Crippen LogP contribution in [0.5, 0.6) is 0 Å². The zero-order valence-corrected chi connectivity index (χ0v) is 13.1. The van der Waals surface area contributed by atoms with Gasteiger partial charge in [-0.1, -0.05) is 41.9 Å². The summed E-state index contributed by atoms with van der Waals surface area (Å²) in [5.74, 6) is -0.910. The van der Waals surface area contributed by atoms with Gasteiger partial charge in [-0.2, -0.15) is 5.10 Å². The minimum Gasteiger partial charge on any atom is -0.480 e. The molecule has 2 heterocycles. The number of rotatable bonds is 4. The fourth-order valence-electron chi connectivity index (χ4n) is 2.84. The van der Waals surface area contributed by atoms with Gasteiger partial charge in [-0.15, -0.1) is 0 Å². The monoisotopic (exact) mass is 333 g/mol. The molecule has 1 aliphatic rings. The van der Waals surface area contributed by atoms with Crippen LogP contribution in [-0.2, 0) is 11.3 Å². The quantitative estimate of drug-likeness (QED) is 0.926. The first-order valence-electron chi connectivity index (χ1n) is 7.37. The van der Waals surface area contributed by atoms with E-state index in [0.717, 1.165) is 12.0 Å². The molecule has 0 amide bonds. The van der Waals surface area contributed by atoms with Gasteiger partial charge in [0, 0.05) is 6.54 Å². The first kappa shape index (κ1) is 15.6. The summed E-state index contributed by atoms with van der Waals surface area (Å²) in [5, 5.41) is 13.4. The standard InChI is InChI=1S/C16H16ClN3O3/c17-14-13(19-8-4-7-12(19)16(22)23)9-18-20(15(14)21)10-11-5-2-1-3-6-11/h1-3,5-6,9,12H,4,7-8,10H2,(H,22,23)/t12-/m1/s1. The predicted molar refractivity (Wildman–Crippen MR) is 87.1 cm³/mol. The number of carboxylic acid groups (broad SMARTS) is 1. The van der Waals surface area contributed by atoms with Crippen molar-refractivity contribution in [2.75, 3.05) is 11.4 Å². The Kier molecular flexibility index (Phi) is 4.34. The summed E-state index contributed by atoms with van der Waals surface area (Å²) in [4.78, 5) is 25.4. The van der Waals surface area contributed by atoms with Crippen molar-refractivity contribution in [2.45, 2.75) is 25.4 Å². The molecule has 0 aliphatic carbocycles. The lowest BCUT2D eigenvalue weighted by atomic mass is 10.2. The van der Waals surface area contributed by atoms with Crippen molar-refractivity contribution in [3.05, 3.63) is 57.5 Å². The van der Waals surface area contributed by atoms with Crippen molar-refractivity contribution in [3.8, 4) is 0 Å². The van der Waals surface area contributed by atoms with E-state index in [4.69, 9.17) is 11.6 Å². The van der Waals surface area contributed by atoms with Gasteiger partial charge in [0.2, 0.25) is 0 Å². The Balaban J connectivity index is 1.92. The molecule has 2 aromatic rings. The summed E-state index contributed by atoms with van der Waals surface area (Å²) in [6.07, 6.45) is 2.77. The minimum atomic E-state index is -0.910. The van der Waals surface area contributed by atoms with Gasteiger partial charge in [0.15, 0.2) is 0 Å². The van der Waals surface area contributed by atoms with Crippen molar-refractivity contribution in [1.29, 1.82) is 0 Å². The van der Waals surface area contributed by atoms with Crippen LogP contribution in [0, 0.1) is 0 Å². The van der Waals surface area contributed by atoms with Gasteiger partial charge in [0.05, 0.1) is 18.4 Å². The second-order valence-corrected chi connectivity index (χ2v) is 5.86. The normalized spacial score (nSPS) is 17.4. The Labute approximate surface area is 137 Å². The minimum absolute atomic E-state index is 0.0177. The van der Waals surface area contributed by atoms with Crippen molar-refractivity contribution < 1.29 is 9.90 Å². The Bertz CT molecular complexity index is 776. The Morgan fingerprint density at radius 2 is 2.09 bits per heavy atom. The number of halogens is 1. The molecule has 1 saturated heterocycles. The molecule has 7 heteroatoms. The van der Waals surface area contributed by atoms with E-state index < -0.39 is 17.6 Å². The number of anilines is 1. The molecule has 0 spiro atoms. The average Bonchev–Trinajstić information content (AvgIpc) is 3.03. The van der Waals surface area contributed by atoms with Crippen molar-refractivity contribution >= 4 is 23.3 Å². The molecule has 0 radical (unpaired) electrons. The lowest BCUT2D eigenvalue weighted by Gasteiger charge is -2.24. The van der Waals surface area contributed by atoms with E-state index >= 15 is 0 Å². The second-order valence-electron chi connectivity index (χ2n) is 5.48. The molecule has 23 heavy (non-hydrogen) atoms. The van der Waals surface area contributed by atoms with Gasteiger partial charge >= 0.3 is 5.97 Å². The van der Waals surface area contributed by atoms with Gasteiger partial charge in [0.1, 0.15) is 11.1 Å². The number of carboxylic acids is 1. The zero-order chi connectivity index (χ0) is 16.4. The van der Waals surface area contributed by atoms with E-state index in [9.17, 15) is 14.7 Å². The van der Waals surface area contributed by atoms with Gasteiger partial charge in [-0.3, -0.25) is 4.79 Å². The molecule has 3 rings (SSSR count). The molecular formula is C16H16ClN3O3. The molecule has 1 fully saturated rings. The highest BCUT2D eigenvalue weighted by molar-refractivity contribution is 6.33. The highest BCUT2D eigenvalue weighted by Gasteiger charge is 2.32. The summed E-state index contributed by atoms with van der Waals surface area (Å²) >= 11 is 6.21. The molecule has 1 aliphatic heterocycles. The zero-order valence-electron chi connectivity index (χ0n) is 12.4. The van der Waals surface area contributed by atoms with Crippen LogP contribution >= 0.6 is 11.6 Å². The van der Waals surface area contributed by atoms with Crippen LogP contribution in [0.15, 0.2) is 41.3 Å². The first-order chi connectivity index (χ1) is 11.1. The average molecular weight is 334 g/mol. The maximum Gasteiger partial charge on any atom is 0.326 e. The van der Waals surface area contributed by atoms with E-state index in [1.165, 1.54) is 10.9 Å². The van der Waals surface area contributed by atoms with E-state index in [1.54, 1.807) is 4.90 Å². The lowest BCUT2D eigenvalue weighted by Crippen LogP contribution is -2.37. The first-order valence-corrected chi connectivity index (χ1v) is 7.74. The fraction of sp³-hybridized carbons (Fsp3) is 0.312. The topological polar surface area (TPSA) is 75.4 Å². The van der Waals surface area contributed by atoms with Crippen LogP contribution in [0.3, 0.4) is 0 Å². The Morgan fingerprint density at radius 1 is 1.35 bits per heavy atom. The van der Waals surface area contributed by atoms with E-state index in [2.05, 4.69) is 5.10 Å². The van der Waals surface area contributed by atoms with Crippen LogP contribution < -0.4 is 10.5 Å². The molecule has 1 atom stereocenters. The largest absolute Gasteiger partial charge is 0.480 e. The third-order valence-corrected chi connectivity index (χ3v) is 4.34. The fourth-order valence-corrected chi connectivity index (χ4v) is 3.09. The maximum absolute atomic E-state index is 12.4. The van der Waals surface area contributed by atoms with Crippen LogP contribution in [0.4, 0.5) is 5.69 Å². The Morgan fingerprint density at radius 3 is 2.78 bits per heavy atom. The van der Waals surface area contributed by atoms with Crippen molar-refractivity contribution in [2.24, 2.45) is 0 Å². The summed E-state index contributed by atoms with van der Waals surface area (Å²) in [5.41, 5.74) is 0.922. The van der Waals surface area contributed by atoms with E-state index in [-0.39, 0.29) is 5.02 Å². The smallest absolute Gasteiger partial charge is 0.326 e. The summed E-state index contributed by atoms with van der Waals surface area (Å²) in [7, 11) is 0. The number of benzene rings is 1. The lowest BCUT2D eigenvalue weighted by molar-refractivity contribution is -0.138. The predicted octanol–water partition coefficient (Wildman–Crippen LogP) is 2.00. The molecule has 120 valence electrons. The molecule has 0 saturated carbocycles. The van der Waals surface area contributed by atoms with E-state index in [0.29, 0.717) is 25.2 Å². The Hall–Kier alpha value is -2.34. The molecular weight excluding hydrogens is 318 g/mol. The summed E-state index contributed by atoms with van der Waals surface area (Å²) in [6, 6.07) is 8.82. The van der Waals surface area contributed by atoms with Crippen LogP contribution in [0.25, 0.3) is 0 Å². The second kappa shape index (κ2) is 6.42. The van der Waals surface area contributed by atoms with Gasteiger partial charge in [-0.05, 0) is 18.4 Å². The summed E-state index contributed by atoms with van der Waals surface area (Å²) < 4.78 is 1.28. The van der Waals surface area contributed by atoms with Crippen molar-refractivity contribution in [1.82, 2.24) is 9.78 Å². The molecule has 0 bridgehead atoms. The highest BCUT2D eigenvalue weighted by Crippen LogP contribution is 2.29. The molecule has 0 unspecified atom stereocenters. The maximum atomic E-state index is 12.4. The van der Waals surface area contributed by atoms with Gasteiger partial charge in [-0.25, -0.2) is 9.48 Å². The molecule has 1 aromatic heterocycles. The number of carbonyl (C=O) groups is 1. The molecule has 1 N–H and O–H groups in total. The highest BCUT2D eigenvalue weighted by atomic mass is 35.5. The SMILES string of the molecule is O=C(O)[C@H]1CCCN1c1cnn(Cc2ccccc2)c(=O)c1Cl. The number of hydrogen-bond acceptors (Lipinski definition) is 4. The summed E-state index contributed by atoms with van der Waals surface area (Å²) in [6.45, 7) is 0.878. The van der Waals surface area contributed by atoms with Gasteiger partial charge in [0.25, 0.3) is 5.56 Å². The molecule has 6 nitrogen and oxygen atoms in total. The van der Waals surface area contributed by atoms with Crippen LogP contribution in [0.1, 0.15) is 18.4 Å². The molecule has 1 aromatic carbocycles. The van der Waals surface area contributed by atoms with Crippen LogP contribution in [-0.4, -0.2) is 33.4 Å². The number of nitrogens with zero attached hydrogens (tertiary/aromatic N) is 3. The number of aromatic nitrogens is 2. The van der Waals surface area contributed by atoms with E-state index in [1.807, 2.05) is 30.3 Å². The van der Waals surface area contributed by atoms with Gasteiger partial charge < -0.3 is 10.0 Å². The van der Waals surface area contributed by atoms with Crippen LogP contribution in [0.2, 0.25) is 5.02 Å². The number of aliphatic carboxylic acids is 1. The third-order valence-electron chi connectivity index (χ3n) is 3.99. The third kappa shape index (κ3) is 3.07. The van der Waals surface area contributed by atoms with Crippen molar-refractivity contribution in [3.63, 3.8) is 0 Å². The number of hydrogen-bond donors (Lipinski definition) is 1.